The van der Waals surface area contributed by atoms with Gasteiger partial charge in [-0.25, -0.2) is 4.98 Å². The summed E-state index contributed by atoms with van der Waals surface area (Å²) >= 11 is 6.04. The van der Waals surface area contributed by atoms with E-state index in [9.17, 15) is 0 Å². The highest BCUT2D eigenvalue weighted by atomic mass is 35.5. The lowest BCUT2D eigenvalue weighted by molar-refractivity contribution is 1.03. The molecule has 0 saturated heterocycles. The van der Waals surface area contributed by atoms with Gasteiger partial charge >= 0.3 is 0 Å². The van der Waals surface area contributed by atoms with Crippen molar-refractivity contribution in [1.82, 2.24) is 9.97 Å². The Kier molecular flexibility index (Phi) is 3.60. The SMILES string of the molecule is Clc1cccc(Cc2nc(-c3ccc4ccccc4c3)c[nH]2)c1. The average Bonchev–Trinajstić information content (AvgIpc) is 3.03. The van der Waals surface area contributed by atoms with Crippen LogP contribution < -0.4 is 0 Å². The third-order valence-electron chi connectivity index (χ3n) is 3.94. The monoisotopic (exact) mass is 318 g/mol. The molecule has 4 rings (SSSR count). The zero-order valence-electron chi connectivity index (χ0n) is 12.5. The molecule has 0 bridgehead atoms. The van der Waals surface area contributed by atoms with E-state index >= 15 is 0 Å². The molecular weight excluding hydrogens is 304 g/mol. The molecule has 2 nitrogen and oxygen atoms in total. The van der Waals surface area contributed by atoms with Crippen molar-refractivity contribution in [3.8, 4) is 11.3 Å². The van der Waals surface area contributed by atoms with Gasteiger partial charge in [0, 0.05) is 23.2 Å². The Morgan fingerprint density at radius 1 is 0.870 bits per heavy atom. The van der Waals surface area contributed by atoms with E-state index in [4.69, 9.17) is 16.6 Å². The lowest BCUT2D eigenvalue weighted by Crippen LogP contribution is -1.90. The number of hydrogen-bond donors (Lipinski definition) is 1. The van der Waals surface area contributed by atoms with Crippen molar-refractivity contribution in [1.29, 1.82) is 0 Å². The van der Waals surface area contributed by atoms with Crippen molar-refractivity contribution in [3.63, 3.8) is 0 Å². The Labute approximate surface area is 139 Å². The summed E-state index contributed by atoms with van der Waals surface area (Å²) < 4.78 is 0. The summed E-state index contributed by atoms with van der Waals surface area (Å²) in [6.45, 7) is 0. The zero-order chi connectivity index (χ0) is 15.6. The fraction of sp³-hybridized carbons (Fsp3) is 0.0500. The first-order valence-corrected chi connectivity index (χ1v) is 7.94. The first-order valence-electron chi connectivity index (χ1n) is 7.56. The van der Waals surface area contributed by atoms with E-state index in [1.807, 2.05) is 24.4 Å². The Morgan fingerprint density at radius 3 is 2.61 bits per heavy atom. The van der Waals surface area contributed by atoms with E-state index < -0.39 is 0 Å². The molecular formula is C20H15ClN2. The fourth-order valence-corrected chi connectivity index (χ4v) is 3.00. The number of nitrogens with zero attached hydrogens (tertiary/aromatic N) is 1. The van der Waals surface area contributed by atoms with E-state index in [2.05, 4.69) is 53.5 Å². The lowest BCUT2D eigenvalue weighted by Gasteiger charge is -2.01. The molecule has 0 aliphatic heterocycles. The van der Waals surface area contributed by atoms with Crippen LogP contribution in [0.1, 0.15) is 11.4 Å². The van der Waals surface area contributed by atoms with Crippen LogP contribution in [0.5, 0.6) is 0 Å². The number of hydrogen-bond acceptors (Lipinski definition) is 1. The highest BCUT2D eigenvalue weighted by Gasteiger charge is 2.06. The summed E-state index contributed by atoms with van der Waals surface area (Å²) in [5.41, 5.74) is 3.24. The van der Waals surface area contributed by atoms with E-state index in [0.29, 0.717) is 0 Å². The summed E-state index contributed by atoms with van der Waals surface area (Å²) in [6.07, 6.45) is 2.71. The maximum absolute atomic E-state index is 6.04. The first kappa shape index (κ1) is 14.0. The van der Waals surface area contributed by atoms with E-state index in [1.54, 1.807) is 0 Å². The van der Waals surface area contributed by atoms with Gasteiger partial charge in [0.2, 0.25) is 0 Å². The topological polar surface area (TPSA) is 28.7 Å². The van der Waals surface area contributed by atoms with Crippen LogP contribution in [-0.4, -0.2) is 9.97 Å². The molecule has 3 aromatic carbocycles. The number of halogens is 1. The molecule has 1 N–H and O–H groups in total. The summed E-state index contributed by atoms with van der Waals surface area (Å²) in [5.74, 6) is 0.940. The van der Waals surface area contributed by atoms with Crippen molar-refractivity contribution >= 4 is 22.4 Å². The lowest BCUT2D eigenvalue weighted by atomic mass is 10.1. The standard InChI is InChI=1S/C20H15ClN2/c21-18-7-3-4-14(10-18)11-20-22-13-19(23-20)17-9-8-15-5-1-2-6-16(15)12-17/h1-10,12-13H,11H2,(H,22,23). The maximum Gasteiger partial charge on any atom is 0.111 e. The van der Waals surface area contributed by atoms with Gasteiger partial charge in [-0.1, -0.05) is 60.1 Å². The van der Waals surface area contributed by atoms with Gasteiger partial charge in [0.1, 0.15) is 5.82 Å². The van der Waals surface area contributed by atoms with E-state index in [0.717, 1.165) is 34.1 Å². The van der Waals surface area contributed by atoms with Gasteiger partial charge in [-0.3, -0.25) is 0 Å². The molecule has 0 amide bonds. The summed E-state index contributed by atoms with van der Waals surface area (Å²) in [5, 5.41) is 3.22. The molecule has 1 aromatic heterocycles. The molecule has 0 unspecified atom stereocenters. The maximum atomic E-state index is 6.04. The third-order valence-corrected chi connectivity index (χ3v) is 4.17. The minimum absolute atomic E-state index is 0.744. The van der Waals surface area contributed by atoms with E-state index in [-0.39, 0.29) is 0 Å². The molecule has 112 valence electrons. The highest BCUT2D eigenvalue weighted by Crippen LogP contribution is 2.23. The fourth-order valence-electron chi connectivity index (χ4n) is 2.79. The number of imidazole rings is 1. The van der Waals surface area contributed by atoms with Gasteiger partial charge in [0.05, 0.1) is 5.69 Å². The van der Waals surface area contributed by atoms with Crippen molar-refractivity contribution < 1.29 is 0 Å². The number of fused-ring (bicyclic) bond motifs is 1. The Morgan fingerprint density at radius 2 is 1.74 bits per heavy atom. The van der Waals surface area contributed by atoms with Gasteiger partial charge < -0.3 is 4.98 Å². The van der Waals surface area contributed by atoms with Crippen LogP contribution in [0.4, 0.5) is 0 Å². The smallest absolute Gasteiger partial charge is 0.111 e. The summed E-state index contributed by atoms with van der Waals surface area (Å²) in [7, 11) is 0. The van der Waals surface area contributed by atoms with Crippen LogP contribution in [0.2, 0.25) is 5.02 Å². The Balaban J connectivity index is 1.63. The molecule has 0 atom stereocenters. The third kappa shape index (κ3) is 2.99. The Bertz CT molecular complexity index is 972. The van der Waals surface area contributed by atoms with Gasteiger partial charge in [0.15, 0.2) is 0 Å². The van der Waals surface area contributed by atoms with Crippen molar-refractivity contribution in [2.45, 2.75) is 6.42 Å². The largest absolute Gasteiger partial charge is 0.348 e. The Hall–Kier alpha value is -2.58. The molecule has 4 aromatic rings. The number of benzene rings is 3. The van der Waals surface area contributed by atoms with Crippen LogP contribution in [0.15, 0.2) is 72.9 Å². The van der Waals surface area contributed by atoms with Crippen molar-refractivity contribution in [2.24, 2.45) is 0 Å². The van der Waals surface area contributed by atoms with Crippen molar-refractivity contribution in [3.05, 3.63) is 89.3 Å². The van der Waals surface area contributed by atoms with Crippen LogP contribution in [-0.2, 0) is 6.42 Å². The molecule has 1 heterocycles. The van der Waals surface area contributed by atoms with Gasteiger partial charge in [-0.15, -0.1) is 0 Å². The number of nitrogens with one attached hydrogen (secondary N) is 1. The minimum Gasteiger partial charge on any atom is -0.348 e. The second kappa shape index (κ2) is 5.90. The molecule has 23 heavy (non-hydrogen) atoms. The van der Waals surface area contributed by atoms with Crippen molar-refractivity contribution in [2.75, 3.05) is 0 Å². The molecule has 0 fully saturated rings. The molecule has 0 spiro atoms. The molecule has 0 radical (unpaired) electrons. The van der Waals surface area contributed by atoms with Crippen LogP contribution in [0, 0.1) is 0 Å². The predicted octanol–water partition coefficient (Wildman–Crippen LogP) is 5.47. The zero-order valence-corrected chi connectivity index (χ0v) is 13.2. The van der Waals surface area contributed by atoms with Crippen LogP contribution in [0.3, 0.4) is 0 Å². The second-order valence-electron chi connectivity index (χ2n) is 5.60. The molecule has 3 heteroatoms. The quantitative estimate of drug-likeness (QED) is 0.533. The normalized spacial score (nSPS) is 11.0. The minimum atomic E-state index is 0.744. The number of H-pyrrole nitrogens is 1. The first-order chi connectivity index (χ1) is 11.3. The second-order valence-corrected chi connectivity index (χ2v) is 6.04. The molecule has 0 aliphatic carbocycles. The van der Waals surface area contributed by atoms with E-state index in [1.165, 1.54) is 10.8 Å². The van der Waals surface area contributed by atoms with Gasteiger partial charge in [-0.2, -0.15) is 0 Å². The number of rotatable bonds is 3. The molecule has 0 aliphatic rings. The highest BCUT2D eigenvalue weighted by molar-refractivity contribution is 6.30. The van der Waals surface area contributed by atoms with Crippen LogP contribution >= 0.6 is 11.6 Å². The molecule has 0 saturated carbocycles. The average molecular weight is 319 g/mol. The van der Waals surface area contributed by atoms with Gasteiger partial charge in [0.25, 0.3) is 0 Å². The summed E-state index contributed by atoms with van der Waals surface area (Å²) in [6, 6.07) is 22.7. The summed E-state index contributed by atoms with van der Waals surface area (Å²) in [4.78, 5) is 7.98. The van der Waals surface area contributed by atoms with Crippen LogP contribution in [0.25, 0.3) is 22.0 Å². The number of aromatic nitrogens is 2. The predicted molar refractivity (Wildman–Crippen MR) is 95.8 cm³/mol. The number of aromatic amines is 1. The van der Waals surface area contributed by atoms with Gasteiger partial charge in [-0.05, 0) is 34.5 Å².